The summed E-state index contributed by atoms with van der Waals surface area (Å²) in [5, 5.41) is 2.93. The number of aromatic nitrogens is 2. The van der Waals surface area contributed by atoms with Crippen molar-refractivity contribution in [2.45, 2.75) is 26.2 Å². The van der Waals surface area contributed by atoms with Gasteiger partial charge in [0.15, 0.2) is 0 Å². The smallest absolute Gasteiger partial charge is 0.146 e. The quantitative estimate of drug-likeness (QED) is 0.868. The van der Waals surface area contributed by atoms with Gasteiger partial charge in [-0.15, -0.1) is 0 Å². The lowest BCUT2D eigenvalue weighted by atomic mass is 9.96. The zero-order valence-electron chi connectivity index (χ0n) is 11.5. The molecule has 0 saturated carbocycles. The molecule has 4 nitrogen and oxygen atoms in total. The van der Waals surface area contributed by atoms with E-state index in [0.717, 1.165) is 4.47 Å². The molecule has 6 heteroatoms. The van der Waals surface area contributed by atoms with Gasteiger partial charge in [0, 0.05) is 16.0 Å². The highest BCUT2D eigenvalue weighted by Crippen LogP contribution is 2.26. The second-order valence-corrected chi connectivity index (χ2v) is 6.42. The lowest BCUT2D eigenvalue weighted by Gasteiger charge is -2.18. The molecule has 0 unspecified atom stereocenters. The van der Waals surface area contributed by atoms with Crippen molar-refractivity contribution in [1.29, 1.82) is 0 Å². The number of nitrogens with one attached hydrogen (secondary N) is 1. The second-order valence-electron chi connectivity index (χ2n) is 5.50. The van der Waals surface area contributed by atoms with Crippen LogP contribution in [0.1, 0.15) is 26.6 Å². The molecule has 0 atom stereocenters. The Bertz CT molecular complexity index is 638. The van der Waals surface area contributed by atoms with Crippen molar-refractivity contribution in [3.8, 4) is 0 Å². The van der Waals surface area contributed by atoms with E-state index in [1.54, 1.807) is 18.2 Å². The minimum Gasteiger partial charge on any atom is -0.384 e. The molecular weight excluding hydrogens is 323 g/mol. The summed E-state index contributed by atoms with van der Waals surface area (Å²) in [6, 6.07) is 6.23. The molecule has 0 saturated heterocycles. The Morgan fingerprint density at radius 1 is 1.20 bits per heavy atom. The van der Waals surface area contributed by atoms with Crippen LogP contribution in [-0.2, 0) is 5.41 Å². The van der Waals surface area contributed by atoms with Gasteiger partial charge in [-0.05, 0) is 18.2 Å². The molecule has 0 bridgehead atoms. The molecule has 1 heterocycles. The Hall–Kier alpha value is -1.69. The number of benzene rings is 1. The summed E-state index contributed by atoms with van der Waals surface area (Å²) >= 11 is 3.31. The predicted molar refractivity (Wildman–Crippen MR) is 82.5 cm³/mol. The molecule has 3 N–H and O–H groups in total. The van der Waals surface area contributed by atoms with E-state index >= 15 is 0 Å². The van der Waals surface area contributed by atoms with Crippen LogP contribution >= 0.6 is 15.9 Å². The average molecular weight is 339 g/mol. The van der Waals surface area contributed by atoms with E-state index in [1.165, 1.54) is 6.07 Å². The van der Waals surface area contributed by atoms with Gasteiger partial charge < -0.3 is 11.1 Å². The summed E-state index contributed by atoms with van der Waals surface area (Å²) in [7, 11) is 0. The first-order valence-corrected chi connectivity index (χ1v) is 6.92. The first-order valence-electron chi connectivity index (χ1n) is 6.13. The maximum Gasteiger partial charge on any atom is 0.146 e. The molecule has 0 amide bonds. The number of halogens is 2. The second kappa shape index (κ2) is 5.36. The largest absolute Gasteiger partial charge is 0.384 e. The fourth-order valence-electron chi connectivity index (χ4n) is 1.60. The number of rotatable bonds is 2. The summed E-state index contributed by atoms with van der Waals surface area (Å²) in [5.41, 5.74) is 5.88. The van der Waals surface area contributed by atoms with Gasteiger partial charge in [-0.1, -0.05) is 36.7 Å². The molecule has 106 valence electrons. The van der Waals surface area contributed by atoms with E-state index in [0.29, 0.717) is 23.1 Å². The molecule has 0 aliphatic rings. The predicted octanol–water partition coefficient (Wildman–Crippen LogP) is 4.00. The van der Waals surface area contributed by atoms with Crippen LogP contribution in [-0.4, -0.2) is 9.97 Å². The standard InChI is InChI=1S/C14H16BrFN4/c1-14(2,3)13-19-11(17)7-12(20-13)18-10-6-8(15)4-5-9(10)16/h4-7H,1-3H3,(H3,17,18,19,20). The van der Waals surface area contributed by atoms with Crippen LogP contribution in [0.15, 0.2) is 28.7 Å². The maximum absolute atomic E-state index is 13.7. The SMILES string of the molecule is CC(C)(C)c1nc(N)cc(Nc2cc(Br)ccc2F)n1. The molecule has 0 aliphatic heterocycles. The molecule has 2 aromatic rings. The van der Waals surface area contributed by atoms with E-state index in [-0.39, 0.29) is 11.2 Å². The number of hydrogen-bond acceptors (Lipinski definition) is 4. The minimum absolute atomic E-state index is 0.234. The fraction of sp³-hybridized carbons (Fsp3) is 0.286. The van der Waals surface area contributed by atoms with E-state index in [2.05, 4.69) is 31.2 Å². The molecule has 2 rings (SSSR count). The molecule has 0 fully saturated rings. The van der Waals surface area contributed by atoms with Crippen molar-refractivity contribution in [2.24, 2.45) is 0 Å². The van der Waals surface area contributed by atoms with Gasteiger partial charge in [-0.3, -0.25) is 0 Å². The first-order chi connectivity index (χ1) is 9.25. The zero-order chi connectivity index (χ0) is 14.9. The van der Waals surface area contributed by atoms with Crippen molar-refractivity contribution >= 4 is 33.3 Å². The summed E-state index contributed by atoms with van der Waals surface area (Å²) in [6.07, 6.45) is 0. The maximum atomic E-state index is 13.7. The topological polar surface area (TPSA) is 63.8 Å². The van der Waals surface area contributed by atoms with Crippen LogP contribution in [0.25, 0.3) is 0 Å². The zero-order valence-corrected chi connectivity index (χ0v) is 13.1. The van der Waals surface area contributed by atoms with Gasteiger partial charge in [0.1, 0.15) is 23.3 Å². The van der Waals surface area contributed by atoms with Crippen LogP contribution in [0.4, 0.5) is 21.7 Å². The van der Waals surface area contributed by atoms with Crippen molar-refractivity contribution in [1.82, 2.24) is 9.97 Å². The Kier molecular flexibility index (Phi) is 3.94. The Morgan fingerprint density at radius 3 is 2.55 bits per heavy atom. The normalized spacial score (nSPS) is 11.4. The third-order valence-corrected chi connectivity index (χ3v) is 3.10. The van der Waals surface area contributed by atoms with Gasteiger partial charge in [0.05, 0.1) is 5.69 Å². The van der Waals surface area contributed by atoms with Crippen molar-refractivity contribution < 1.29 is 4.39 Å². The van der Waals surface area contributed by atoms with E-state index in [4.69, 9.17) is 5.73 Å². The minimum atomic E-state index is -0.359. The van der Waals surface area contributed by atoms with Crippen LogP contribution in [0.2, 0.25) is 0 Å². The highest BCUT2D eigenvalue weighted by molar-refractivity contribution is 9.10. The number of hydrogen-bond donors (Lipinski definition) is 2. The van der Waals surface area contributed by atoms with Gasteiger partial charge in [0.2, 0.25) is 0 Å². The summed E-state index contributed by atoms with van der Waals surface area (Å²) in [5.74, 6) is 1.07. The Labute approximate surface area is 125 Å². The lowest BCUT2D eigenvalue weighted by molar-refractivity contribution is 0.547. The number of nitrogen functional groups attached to an aromatic ring is 1. The Morgan fingerprint density at radius 2 is 1.90 bits per heavy atom. The molecule has 0 aliphatic carbocycles. The third-order valence-electron chi connectivity index (χ3n) is 2.61. The van der Waals surface area contributed by atoms with E-state index < -0.39 is 0 Å². The van der Waals surface area contributed by atoms with Gasteiger partial charge in [-0.25, -0.2) is 14.4 Å². The molecule has 0 spiro atoms. The third kappa shape index (κ3) is 3.45. The molecular formula is C14H16BrFN4. The number of nitrogens with zero attached hydrogens (tertiary/aromatic N) is 2. The van der Waals surface area contributed by atoms with Crippen LogP contribution in [0.5, 0.6) is 0 Å². The number of nitrogens with two attached hydrogens (primary N) is 1. The van der Waals surface area contributed by atoms with Crippen LogP contribution in [0, 0.1) is 5.82 Å². The monoisotopic (exact) mass is 338 g/mol. The molecule has 20 heavy (non-hydrogen) atoms. The Balaban J connectivity index is 2.39. The van der Waals surface area contributed by atoms with Crippen LogP contribution in [0.3, 0.4) is 0 Å². The molecule has 1 aromatic heterocycles. The highest BCUT2D eigenvalue weighted by atomic mass is 79.9. The van der Waals surface area contributed by atoms with Crippen LogP contribution < -0.4 is 11.1 Å². The number of anilines is 3. The van der Waals surface area contributed by atoms with E-state index in [1.807, 2.05) is 20.8 Å². The fourth-order valence-corrected chi connectivity index (χ4v) is 1.96. The van der Waals surface area contributed by atoms with E-state index in [9.17, 15) is 4.39 Å². The molecule has 1 aromatic carbocycles. The lowest BCUT2D eigenvalue weighted by Crippen LogP contribution is -2.17. The van der Waals surface area contributed by atoms with Crippen molar-refractivity contribution in [2.75, 3.05) is 11.1 Å². The molecule has 0 radical (unpaired) electrons. The average Bonchev–Trinajstić information content (AvgIpc) is 2.32. The highest BCUT2D eigenvalue weighted by Gasteiger charge is 2.19. The summed E-state index contributed by atoms with van der Waals surface area (Å²) in [4.78, 5) is 8.60. The van der Waals surface area contributed by atoms with Crippen molar-refractivity contribution in [3.63, 3.8) is 0 Å². The summed E-state index contributed by atoms with van der Waals surface area (Å²) in [6.45, 7) is 5.97. The van der Waals surface area contributed by atoms with Gasteiger partial charge in [0.25, 0.3) is 0 Å². The van der Waals surface area contributed by atoms with Gasteiger partial charge in [-0.2, -0.15) is 0 Å². The summed E-state index contributed by atoms with van der Waals surface area (Å²) < 4.78 is 14.5. The van der Waals surface area contributed by atoms with Gasteiger partial charge >= 0.3 is 0 Å². The van der Waals surface area contributed by atoms with Crippen molar-refractivity contribution in [3.05, 3.63) is 40.4 Å². The first kappa shape index (κ1) is 14.7.